The van der Waals surface area contributed by atoms with Gasteiger partial charge in [-0.2, -0.15) is 0 Å². The average molecular weight is 323 g/mol. The molecule has 1 saturated heterocycles. The zero-order valence-electron chi connectivity index (χ0n) is 13.0. The molecule has 0 aliphatic carbocycles. The minimum absolute atomic E-state index is 0.137. The van der Waals surface area contributed by atoms with Crippen molar-refractivity contribution < 1.29 is 14.4 Å². The molecule has 0 aromatic heterocycles. The topological polar surface area (TPSA) is 69.7 Å². The third-order valence-electron chi connectivity index (χ3n) is 3.77. The van der Waals surface area contributed by atoms with Gasteiger partial charge < -0.3 is 15.1 Å². The van der Waals surface area contributed by atoms with Crippen LogP contribution in [0.25, 0.3) is 0 Å². The Balaban J connectivity index is 1.62. The number of nitrogens with zero attached hydrogens (tertiary/aromatic N) is 2. The van der Waals surface area contributed by atoms with Crippen molar-refractivity contribution in [1.29, 1.82) is 0 Å². The Kier molecular flexibility index (Phi) is 4.56. The minimum Gasteiger partial charge on any atom is -0.325 e. The first kappa shape index (κ1) is 15.7. The van der Waals surface area contributed by atoms with Crippen LogP contribution in [0.5, 0.6) is 0 Å². The molecule has 0 spiro atoms. The van der Waals surface area contributed by atoms with Crippen LogP contribution < -0.4 is 10.2 Å². The fourth-order valence-corrected chi connectivity index (χ4v) is 2.58. The SMILES string of the molecule is O=C(CN1CCN(c2ccccc2)C(=O)C1=O)Nc1ccccc1. The van der Waals surface area contributed by atoms with Crippen LogP contribution in [-0.2, 0) is 14.4 Å². The number of benzene rings is 2. The van der Waals surface area contributed by atoms with Gasteiger partial charge in [-0.15, -0.1) is 0 Å². The molecule has 1 N–H and O–H groups in total. The molecule has 1 heterocycles. The van der Waals surface area contributed by atoms with E-state index in [4.69, 9.17) is 0 Å². The maximum absolute atomic E-state index is 12.3. The molecule has 0 bridgehead atoms. The molecule has 3 amide bonds. The van der Waals surface area contributed by atoms with E-state index in [-0.39, 0.29) is 12.5 Å². The van der Waals surface area contributed by atoms with Gasteiger partial charge in [0.1, 0.15) is 6.54 Å². The summed E-state index contributed by atoms with van der Waals surface area (Å²) in [5, 5.41) is 2.71. The molecule has 1 aliphatic rings. The van der Waals surface area contributed by atoms with E-state index in [1.807, 2.05) is 36.4 Å². The Morgan fingerprint density at radius 1 is 0.875 bits per heavy atom. The van der Waals surface area contributed by atoms with Crippen LogP contribution in [-0.4, -0.2) is 42.3 Å². The lowest BCUT2D eigenvalue weighted by atomic mass is 10.2. The molecule has 0 atom stereocenters. The summed E-state index contributed by atoms with van der Waals surface area (Å²) in [6.45, 7) is 0.553. The molecule has 0 radical (unpaired) electrons. The largest absolute Gasteiger partial charge is 0.325 e. The molecule has 24 heavy (non-hydrogen) atoms. The quantitative estimate of drug-likeness (QED) is 0.867. The summed E-state index contributed by atoms with van der Waals surface area (Å²) in [7, 11) is 0. The predicted molar refractivity (Wildman–Crippen MR) is 90.4 cm³/mol. The summed E-state index contributed by atoms with van der Waals surface area (Å²) >= 11 is 0. The molecule has 3 rings (SSSR count). The molecule has 0 saturated carbocycles. The second-order valence-corrected chi connectivity index (χ2v) is 5.43. The van der Waals surface area contributed by atoms with Crippen LogP contribution in [0.1, 0.15) is 0 Å². The number of piperazine rings is 1. The number of anilines is 2. The summed E-state index contributed by atoms with van der Waals surface area (Å²) < 4.78 is 0. The van der Waals surface area contributed by atoms with Gasteiger partial charge in [0.2, 0.25) is 5.91 Å². The fourth-order valence-electron chi connectivity index (χ4n) is 2.58. The number of para-hydroxylation sites is 2. The number of amides is 3. The highest BCUT2D eigenvalue weighted by Gasteiger charge is 2.34. The molecule has 1 aliphatic heterocycles. The van der Waals surface area contributed by atoms with Crippen LogP contribution in [0, 0.1) is 0 Å². The maximum Gasteiger partial charge on any atom is 0.316 e. The van der Waals surface area contributed by atoms with E-state index in [9.17, 15) is 14.4 Å². The molecular weight excluding hydrogens is 306 g/mol. The monoisotopic (exact) mass is 323 g/mol. The molecule has 122 valence electrons. The Morgan fingerprint density at radius 3 is 2.17 bits per heavy atom. The van der Waals surface area contributed by atoms with E-state index < -0.39 is 11.8 Å². The van der Waals surface area contributed by atoms with Gasteiger partial charge in [-0.1, -0.05) is 36.4 Å². The maximum atomic E-state index is 12.3. The smallest absolute Gasteiger partial charge is 0.316 e. The number of carbonyl (C=O) groups excluding carboxylic acids is 3. The highest BCUT2D eigenvalue weighted by atomic mass is 16.2. The van der Waals surface area contributed by atoms with Gasteiger partial charge >= 0.3 is 11.8 Å². The molecular formula is C18H17N3O3. The molecule has 6 heteroatoms. The Labute approximate surface area is 139 Å². The van der Waals surface area contributed by atoms with E-state index in [2.05, 4.69) is 5.32 Å². The molecule has 1 fully saturated rings. The van der Waals surface area contributed by atoms with Crippen LogP contribution in [0.2, 0.25) is 0 Å². The van der Waals surface area contributed by atoms with E-state index in [1.54, 1.807) is 24.3 Å². The van der Waals surface area contributed by atoms with Crippen LogP contribution in [0.15, 0.2) is 60.7 Å². The molecule has 6 nitrogen and oxygen atoms in total. The normalized spacial score (nSPS) is 14.7. The number of rotatable bonds is 4. The minimum atomic E-state index is -0.659. The van der Waals surface area contributed by atoms with Crippen molar-refractivity contribution in [3.63, 3.8) is 0 Å². The van der Waals surface area contributed by atoms with Crippen molar-refractivity contribution in [3.05, 3.63) is 60.7 Å². The van der Waals surface area contributed by atoms with E-state index >= 15 is 0 Å². The summed E-state index contributed by atoms with van der Waals surface area (Å²) in [4.78, 5) is 39.3. The van der Waals surface area contributed by atoms with Crippen molar-refractivity contribution in [3.8, 4) is 0 Å². The van der Waals surface area contributed by atoms with Crippen molar-refractivity contribution >= 4 is 29.1 Å². The fraction of sp³-hybridized carbons (Fsp3) is 0.167. The number of hydrogen-bond donors (Lipinski definition) is 1. The summed E-state index contributed by atoms with van der Waals surface area (Å²) in [6.07, 6.45) is 0. The summed E-state index contributed by atoms with van der Waals surface area (Å²) in [5.74, 6) is -1.59. The lowest BCUT2D eigenvalue weighted by Crippen LogP contribution is -2.56. The predicted octanol–water partition coefficient (Wildman–Crippen LogP) is 1.50. The molecule has 2 aromatic rings. The Bertz CT molecular complexity index is 747. The third kappa shape index (κ3) is 3.43. The van der Waals surface area contributed by atoms with Crippen LogP contribution in [0.3, 0.4) is 0 Å². The standard InChI is InChI=1S/C18H17N3O3/c22-16(19-14-7-3-1-4-8-14)13-20-11-12-21(18(24)17(20)23)15-9-5-2-6-10-15/h1-10H,11-13H2,(H,19,22). The van der Waals surface area contributed by atoms with Gasteiger partial charge in [0.25, 0.3) is 0 Å². The first-order chi connectivity index (χ1) is 11.6. The van der Waals surface area contributed by atoms with Crippen LogP contribution >= 0.6 is 0 Å². The van der Waals surface area contributed by atoms with Gasteiger partial charge in [0.05, 0.1) is 0 Å². The van der Waals surface area contributed by atoms with Crippen molar-refractivity contribution in [2.24, 2.45) is 0 Å². The molecule has 0 unspecified atom stereocenters. The Morgan fingerprint density at radius 2 is 1.50 bits per heavy atom. The summed E-state index contributed by atoms with van der Waals surface area (Å²) in [5.41, 5.74) is 1.34. The Hall–Kier alpha value is -3.15. The van der Waals surface area contributed by atoms with Crippen LogP contribution in [0.4, 0.5) is 11.4 Å². The van der Waals surface area contributed by atoms with Crippen molar-refractivity contribution in [2.75, 3.05) is 29.9 Å². The second-order valence-electron chi connectivity index (χ2n) is 5.43. The zero-order valence-corrected chi connectivity index (χ0v) is 13.0. The number of carbonyl (C=O) groups is 3. The van der Waals surface area contributed by atoms with E-state index in [0.717, 1.165) is 0 Å². The van der Waals surface area contributed by atoms with E-state index in [0.29, 0.717) is 24.5 Å². The van der Waals surface area contributed by atoms with Gasteiger partial charge in [-0.05, 0) is 24.3 Å². The first-order valence-corrected chi connectivity index (χ1v) is 7.66. The van der Waals surface area contributed by atoms with Gasteiger partial charge in [-0.25, -0.2) is 0 Å². The van der Waals surface area contributed by atoms with Gasteiger partial charge in [0, 0.05) is 24.5 Å². The average Bonchev–Trinajstić information content (AvgIpc) is 2.61. The van der Waals surface area contributed by atoms with Crippen molar-refractivity contribution in [1.82, 2.24) is 4.90 Å². The first-order valence-electron chi connectivity index (χ1n) is 7.66. The molecule has 2 aromatic carbocycles. The van der Waals surface area contributed by atoms with Crippen molar-refractivity contribution in [2.45, 2.75) is 0 Å². The highest BCUT2D eigenvalue weighted by molar-refractivity contribution is 6.41. The third-order valence-corrected chi connectivity index (χ3v) is 3.77. The van der Waals surface area contributed by atoms with Gasteiger partial charge in [0.15, 0.2) is 0 Å². The second kappa shape index (κ2) is 6.95. The van der Waals surface area contributed by atoms with E-state index in [1.165, 1.54) is 9.80 Å². The lowest BCUT2D eigenvalue weighted by Gasteiger charge is -2.33. The lowest BCUT2D eigenvalue weighted by molar-refractivity contribution is -0.147. The zero-order chi connectivity index (χ0) is 16.9. The highest BCUT2D eigenvalue weighted by Crippen LogP contribution is 2.17. The van der Waals surface area contributed by atoms with Gasteiger partial charge in [-0.3, -0.25) is 14.4 Å². The number of hydrogen-bond acceptors (Lipinski definition) is 3. The summed E-state index contributed by atoms with van der Waals surface area (Å²) in [6, 6.07) is 18.0. The number of nitrogens with one attached hydrogen (secondary N) is 1.